The van der Waals surface area contributed by atoms with E-state index in [1.54, 1.807) is 24.3 Å². The van der Waals surface area contributed by atoms with Gasteiger partial charge in [0.25, 0.3) is 0 Å². The van der Waals surface area contributed by atoms with Crippen LogP contribution in [0.2, 0.25) is 0 Å². The number of nitrogens with zero attached hydrogens (tertiary/aromatic N) is 2. The zero-order valence-electron chi connectivity index (χ0n) is 10.1. The normalized spacial score (nSPS) is 9.55. The fourth-order valence-electron chi connectivity index (χ4n) is 1.34. The maximum atomic E-state index is 11.6. The molecule has 0 fully saturated rings. The second-order valence-corrected chi connectivity index (χ2v) is 4.38. The SMILES string of the molecule is N#Cc1ccc(OS(=O)Oc2ccc(C#N)cc2)cc1. The van der Waals surface area contributed by atoms with Crippen molar-refractivity contribution in [1.29, 1.82) is 10.5 Å². The predicted octanol–water partition coefficient (Wildman–Crippen LogP) is 2.47. The first-order valence-corrected chi connectivity index (χ1v) is 6.50. The second-order valence-electron chi connectivity index (χ2n) is 3.64. The van der Waals surface area contributed by atoms with Gasteiger partial charge in [0.05, 0.1) is 23.3 Å². The van der Waals surface area contributed by atoms with E-state index in [0.717, 1.165) is 0 Å². The molecule has 0 aliphatic heterocycles. The molecule has 6 heteroatoms. The molecule has 0 unspecified atom stereocenters. The lowest BCUT2D eigenvalue weighted by Gasteiger charge is -2.05. The lowest BCUT2D eigenvalue weighted by molar-refractivity contribution is 0.462. The summed E-state index contributed by atoms with van der Waals surface area (Å²) in [6, 6.07) is 16.2. The Morgan fingerprint density at radius 2 is 1.10 bits per heavy atom. The van der Waals surface area contributed by atoms with E-state index in [4.69, 9.17) is 18.9 Å². The Hall–Kier alpha value is -2.83. The van der Waals surface area contributed by atoms with Crippen molar-refractivity contribution in [3.8, 4) is 23.6 Å². The number of hydrogen-bond donors (Lipinski definition) is 0. The summed E-state index contributed by atoms with van der Waals surface area (Å²) in [5.74, 6) is 0.659. The van der Waals surface area contributed by atoms with Crippen molar-refractivity contribution in [2.45, 2.75) is 0 Å². The largest absolute Gasteiger partial charge is 0.417 e. The molecule has 2 aromatic rings. The van der Waals surface area contributed by atoms with Gasteiger partial charge in [-0.1, -0.05) is 0 Å². The molecule has 0 aromatic heterocycles. The molecule has 0 bridgehead atoms. The maximum Gasteiger partial charge on any atom is 0.417 e. The van der Waals surface area contributed by atoms with E-state index in [0.29, 0.717) is 22.6 Å². The van der Waals surface area contributed by atoms with Crippen molar-refractivity contribution < 1.29 is 12.6 Å². The molecule has 0 aliphatic carbocycles. The summed E-state index contributed by atoms with van der Waals surface area (Å²) < 4.78 is 21.7. The van der Waals surface area contributed by atoms with Crippen LogP contribution in [0.3, 0.4) is 0 Å². The smallest absolute Gasteiger partial charge is 0.371 e. The summed E-state index contributed by atoms with van der Waals surface area (Å²) in [5, 5.41) is 17.3. The molecule has 98 valence electrons. The Kier molecular flexibility index (Phi) is 4.33. The second kappa shape index (κ2) is 6.37. The van der Waals surface area contributed by atoms with Gasteiger partial charge in [-0.2, -0.15) is 14.7 Å². The zero-order valence-corrected chi connectivity index (χ0v) is 11.0. The summed E-state index contributed by atoms with van der Waals surface area (Å²) in [4.78, 5) is 0. The van der Waals surface area contributed by atoms with Crippen molar-refractivity contribution in [1.82, 2.24) is 0 Å². The van der Waals surface area contributed by atoms with Crippen LogP contribution in [0, 0.1) is 22.7 Å². The molecule has 0 N–H and O–H groups in total. The average molecular weight is 284 g/mol. The van der Waals surface area contributed by atoms with Crippen molar-refractivity contribution in [2.75, 3.05) is 0 Å². The minimum Gasteiger partial charge on any atom is -0.371 e. The van der Waals surface area contributed by atoms with E-state index in [1.165, 1.54) is 24.3 Å². The van der Waals surface area contributed by atoms with Gasteiger partial charge in [-0.3, -0.25) is 0 Å². The Bertz CT molecular complexity index is 636. The summed E-state index contributed by atoms with van der Waals surface area (Å²) in [7, 11) is 0. The highest BCUT2D eigenvalue weighted by Gasteiger charge is 2.06. The van der Waals surface area contributed by atoms with Crippen LogP contribution >= 0.6 is 0 Å². The predicted molar refractivity (Wildman–Crippen MR) is 71.7 cm³/mol. The molecular weight excluding hydrogens is 276 g/mol. The van der Waals surface area contributed by atoms with Crippen LogP contribution in [-0.4, -0.2) is 4.21 Å². The van der Waals surface area contributed by atoms with Crippen molar-refractivity contribution in [3.63, 3.8) is 0 Å². The molecule has 0 radical (unpaired) electrons. The molecule has 20 heavy (non-hydrogen) atoms. The van der Waals surface area contributed by atoms with Gasteiger partial charge in [0, 0.05) is 0 Å². The highest BCUT2D eigenvalue weighted by molar-refractivity contribution is 7.75. The van der Waals surface area contributed by atoms with Gasteiger partial charge in [0.15, 0.2) is 0 Å². The average Bonchev–Trinajstić information content (AvgIpc) is 2.49. The molecule has 2 rings (SSSR count). The summed E-state index contributed by atoms with van der Waals surface area (Å²) in [6.07, 6.45) is 0. The molecule has 0 aliphatic rings. The molecule has 0 spiro atoms. The maximum absolute atomic E-state index is 11.6. The molecule has 0 saturated carbocycles. The summed E-state index contributed by atoms with van der Waals surface area (Å²) >= 11 is -2.00. The minimum absolute atomic E-state index is 0.330. The Balaban J connectivity index is 1.97. The van der Waals surface area contributed by atoms with Gasteiger partial charge in [-0.25, -0.2) is 0 Å². The van der Waals surface area contributed by atoms with E-state index >= 15 is 0 Å². The van der Waals surface area contributed by atoms with Crippen LogP contribution in [-0.2, 0) is 11.4 Å². The van der Waals surface area contributed by atoms with Crippen LogP contribution in [0.5, 0.6) is 11.5 Å². The molecule has 0 atom stereocenters. The highest BCUT2D eigenvalue weighted by Crippen LogP contribution is 2.16. The van der Waals surface area contributed by atoms with Crippen molar-refractivity contribution in [2.24, 2.45) is 0 Å². The fraction of sp³-hybridized carbons (Fsp3) is 0. The molecular formula is C14H8N2O3S. The molecule has 0 amide bonds. The molecule has 5 nitrogen and oxygen atoms in total. The Morgan fingerprint density at radius 3 is 1.40 bits per heavy atom. The van der Waals surface area contributed by atoms with Crippen LogP contribution in [0.25, 0.3) is 0 Å². The molecule has 0 heterocycles. The Labute approximate surface area is 118 Å². The van der Waals surface area contributed by atoms with Crippen LogP contribution < -0.4 is 8.37 Å². The van der Waals surface area contributed by atoms with Crippen LogP contribution in [0.4, 0.5) is 0 Å². The van der Waals surface area contributed by atoms with E-state index in [2.05, 4.69) is 0 Å². The highest BCUT2D eigenvalue weighted by atomic mass is 32.2. The van der Waals surface area contributed by atoms with E-state index in [9.17, 15) is 4.21 Å². The monoisotopic (exact) mass is 284 g/mol. The van der Waals surface area contributed by atoms with Gasteiger partial charge in [-0.15, -0.1) is 0 Å². The van der Waals surface area contributed by atoms with Crippen LogP contribution in [0.1, 0.15) is 11.1 Å². The van der Waals surface area contributed by atoms with Crippen molar-refractivity contribution >= 4 is 11.4 Å². The summed E-state index contributed by atoms with van der Waals surface area (Å²) in [6.45, 7) is 0. The lowest BCUT2D eigenvalue weighted by Crippen LogP contribution is -2.07. The van der Waals surface area contributed by atoms with Crippen molar-refractivity contribution in [3.05, 3.63) is 59.7 Å². The van der Waals surface area contributed by atoms with E-state index in [-0.39, 0.29) is 0 Å². The first kappa shape index (κ1) is 13.6. The molecule has 0 saturated heterocycles. The first-order chi connectivity index (χ1) is 9.71. The number of benzene rings is 2. The molecule has 2 aromatic carbocycles. The number of nitriles is 2. The van der Waals surface area contributed by atoms with Crippen LogP contribution in [0.15, 0.2) is 48.5 Å². The van der Waals surface area contributed by atoms with Gasteiger partial charge in [-0.05, 0) is 48.5 Å². The minimum atomic E-state index is -2.00. The van der Waals surface area contributed by atoms with E-state index in [1.807, 2.05) is 12.1 Å². The van der Waals surface area contributed by atoms with Gasteiger partial charge >= 0.3 is 11.4 Å². The fourth-order valence-corrected chi connectivity index (χ4v) is 1.91. The quantitative estimate of drug-likeness (QED) is 0.861. The Morgan fingerprint density at radius 1 is 0.750 bits per heavy atom. The van der Waals surface area contributed by atoms with Gasteiger partial charge < -0.3 is 8.37 Å². The summed E-state index contributed by atoms with van der Waals surface area (Å²) in [5.41, 5.74) is 0.965. The zero-order chi connectivity index (χ0) is 14.4. The van der Waals surface area contributed by atoms with Gasteiger partial charge in [0.1, 0.15) is 11.5 Å². The number of rotatable bonds is 4. The third kappa shape index (κ3) is 3.58. The standard InChI is InChI=1S/C14H8N2O3S/c15-9-11-1-5-13(6-2-11)18-20(17)19-14-7-3-12(10-16)4-8-14/h1-8H. The third-order valence-electron chi connectivity index (χ3n) is 2.30. The van der Waals surface area contributed by atoms with Gasteiger partial charge in [0.2, 0.25) is 0 Å². The van der Waals surface area contributed by atoms with E-state index < -0.39 is 11.4 Å². The first-order valence-electron chi connectivity index (χ1n) is 5.50. The number of hydrogen-bond acceptors (Lipinski definition) is 5. The lowest BCUT2D eigenvalue weighted by atomic mass is 10.2. The third-order valence-corrected chi connectivity index (χ3v) is 2.95. The topological polar surface area (TPSA) is 83.1 Å².